The van der Waals surface area contributed by atoms with Crippen molar-refractivity contribution in [1.29, 1.82) is 0 Å². The lowest BCUT2D eigenvalue weighted by Crippen LogP contribution is -2.20. The van der Waals surface area contributed by atoms with Gasteiger partial charge in [-0.25, -0.2) is 0 Å². The van der Waals surface area contributed by atoms with Gasteiger partial charge in [0.15, 0.2) is 0 Å². The highest BCUT2D eigenvalue weighted by Crippen LogP contribution is 2.42. The van der Waals surface area contributed by atoms with Crippen LogP contribution in [0.5, 0.6) is 0 Å². The van der Waals surface area contributed by atoms with Gasteiger partial charge in [0.1, 0.15) is 0 Å². The number of hydrogen-bond donors (Lipinski definition) is 1. The van der Waals surface area contributed by atoms with Crippen molar-refractivity contribution in [2.45, 2.75) is 66.2 Å². The molecule has 0 spiro atoms. The average molecular weight is 236 g/mol. The fourth-order valence-electron chi connectivity index (χ4n) is 2.86. The normalized spacial score (nSPS) is 20.9. The molecule has 0 unspecified atom stereocenters. The smallest absolute Gasteiger partial charge is 0.0434 e. The summed E-state index contributed by atoms with van der Waals surface area (Å²) in [5.74, 6) is 0. The molecule has 0 aromatic heterocycles. The second-order valence-corrected chi connectivity index (χ2v) is 6.08. The topological polar surface area (TPSA) is 20.2 Å². The molecule has 0 heterocycles. The van der Waals surface area contributed by atoms with Crippen LogP contribution in [0.4, 0.5) is 0 Å². The lowest BCUT2D eigenvalue weighted by Gasteiger charge is -2.34. The van der Waals surface area contributed by atoms with Gasteiger partial charge in [-0.3, -0.25) is 0 Å². The molecule has 0 saturated heterocycles. The molecular weight excluding hydrogens is 208 g/mol. The van der Waals surface area contributed by atoms with Crippen LogP contribution in [0.25, 0.3) is 0 Å². The van der Waals surface area contributed by atoms with Crippen LogP contribution < -0.4 is 0 Å². The molecule has 17 heavy (non-hydrogen) atoms. The summed E-state index contributed by atoms with van der Waals surface area (Å²) in [7, 11) is 0. The monoisotopic (exact) mass is 236 g/mol. The molecule has 1 aliphatic rings. The van der Waals surface area contributed by atoms with Gasteiger partial charge in [-0.2, -0.15) is 0 Å². The van der Waals surface area contributed by atoms with Crippen LogP contribution in [0, 0.1) is 5.41 Å². The summed E-state index contributed by atoms with van der Waals surface area (Å²) in [6.07, 6.45) is 9.34. The lowest BCUT2D eigenvalue weighted by molar-refractivity contribution is 0.288. The van der Waals surface area contributed by atoms with E-state index >= 15 is 0 Å². The van der Waals surface area contributed by atoms with E-state index in [-0.39, 0.29) is 0 Å². The van der Waals surface area contributed by atoms with Crippen molar-refractivity contribution in [3.05, 3.63) is 22.8 Å². The predicted molar refractivity (Wildman–Crippen MR) is 75.0 cm³/mol. The van der Waals surface area contributed by atoms with Gasteiger partial charge in [-0.1, -0.05) is 36.6 Å². The van der Waals surface area contributed by atoms with Crippen molar-refractivity contribution in [3.63, 3.8) is 0 Å². The Hall–Kier alpha value is -0.560. The van der Waals surface area contributed by atoms with Crippen molar-refractivity contribution in [3.8, 4) is 0 Å². The van der Waals surface area contributed by atoms with Gasteiger partial charge in [-0.15, -0.1) is 0 Å². The number of allylic oxidation sites excluding steroid dienone is 4. The van der Waals surface area contributed by atoms with Crippen LogP contribution in [-0.2, 0) is 0 Å². The molecule has 0 fully saturated rings. The molecular formula is C16H28O. The zero-order valence-electron chi connectivity index (χ0n) is 12.0. The van der Waals surface area contributed by atoms with E-state index in [1.807, 2.05) is 0 Å². The minimum Gasteiger partial charge on any atom is -0.396 e. The molecule has 0 amide bonds. The first-order valence-electron chi connectivity index (χ1n) is 6.93. The molecule has 0 bridgehead atoms. The maximum absolute atomic E-state index is 8.82. The standard InChI is InChI=1S/C16H28O/c1-13(7-6-12-17)9-10-15-14(2)8-5-11-16(15,3)4/h9,17H,5-8,10-12H2,1-4H3/b13-9+. The summed E-state index contributed by atoms with van der Waals surface area (Å²) < 4.78 is 0. The molecule has 1 nitrogen and oxygen atoms in total. The van der Waals surface area contributed by atoms with Gasteiger partial charge < -0.3 is 5.11 Å². The highest BCUT2D eigenvalue weighted by Gasteiger charge is 2.27. The van der Waals surface area contributed by atoms with E-state index in [0.717, 1.165) is 19.3 Å². The van der Waals surface area contributed by atoms with E-state index in [1.54, 1.807) is 11.1 Å². The Morgan fingerprint density at radius 1 is 1.41 bits per heavy atom. The third kappa shape index (κ3) is 4.31. The van der Waals surface area contributed by atoms with E-state index in [9.17, 15) is 0 Å². The first kappa shape index (κ1) is 14.5. The maximum Gasteiger partial charge on any atom is 0.0434 e. The summed E-state index contributed by atoms with van der Waals surface area (Å²) in [4.78, 5) is 0. The Morgan fingerprint density at radius 2 is 2.12 bits per heavy atom. The van der Waals surface area contributed by atoms with Crippen LogP contribution in [0.2, 0.25) is 0 Å². The molecule has 1 N–H and O–H groups in total. The Balaban J connectivity index is 2.66. The van der Waals surface area contributed by atoms with Crippen LogP contribution in [-0.4, -0.2) is 11.7 Å². The number of rotatable bonds is 5. The second kappa shape index (κ2) is 6.39. The number of aliphatic hydroxyl groups excluding tert-OH is 1. The molecule has 1 rings (SSSR count). The summed E-state index contributed by atoms with van der Waals surface area (Å²) in [5, 5.41) is 8.82. The van der Waals surface area contributed by atoms with Crippen molar-refractivity contribution in [2.24, 2.45) is 5.41 Å². The zero-order chi connectivity index (χ0) is 12.9. The summed E-state index contributed by atoms with van der Waals surface area (Å²) in [6, 6.07) is 0. The predicted octanol–water partition coefficient (Wildman–Crippen LogP) is 4.62. The lowest BCUT2D eigenvalue weighted by atomic mass is 9.71. The van der Waals surface area contributed by atoms with Crippen molar-refractivity contribution in [1.82, 2.24) is 0 Å². The first-order chi connectivity index (χ1) is 7.97. The quantitative estimate of drug-likeness (QED) is 0.690. The zero-order valence-corrected chi connectivity index (χ0v) is 12.0. The van der Waals surface area contributed by atoms with E-state index in [4.69, 9.17) is 5.11 Å². The highest BCUT2D eigenvalue weighted by atomic mass is 16.2. The van der Waals surface area contributed by atoms with Gasteiger partial charge in [0.2, 0.25) is 0 Å². The minimum absolute atomic E-state index is 0.304. The maximum atomic E-state index is 8.82. The largest absolute Gasteiger partial charge is 0.396 e. The summed E-state index contributed by atoms with van der Waals surface area (Å²) >= 11 is 0. The molecule has 1 aliphatic carbocycles. The number of aliphatic hydroxyl groups is 1. The second-order valence-electron chi connectivity index (χ2n) is 6.08. The van der Waals surface area contributed by atoms with E-state index in [2.05, 4.69) is 33.8 Å². The Kier molecular flexibility index (Phi) is 5.45. The molecule has 1 heteroatoms. The average Bonchev–Trinajstić information content (AvgIpc) is 2.24. The van der Waals surface area contributed by atoms with E-state index in [0.29, 0.717) is 12.0 Å². The van der Waals surface area contributed by atoms with Gasteiger partial charge in [0, 0.05) is 6.61 Å². The molecule has 0 radical (unpaired) electrons. The third-order valence-corrected chi connectivity index (χ3v) is 4.07. The van der Waals surface area contributed by atoms with Gasteiger partial charge in [-0.05, 0) is 57.8 Å². The molecule has 0 saturated carbocycles. The molecule has 0 aromatic carbocycles. The van der Waals surface area contributed by atoms with E-state index in [1.165, 1.54) is 24.8 Å². The van der Waals surface area contributed by atoms with Gasteiger partial charge >= 0.3 is 0 Å². The first-order valence-corrected chi connectivity index (χ1v) is 6.93. The summed E-state index contributed by atoms with van der Waals surface area (Å²) in [5.41, 5.74) is 5.05. The van der Waals surface area contributed by atoms with Crippen molar-refractivity contribution < 1.29 is 5.11 Å². The fourth-order valence-corrected chi connectivity index (χ4v) is 2.86. The molecule has 0 aromatic rings. The van der Waals surface area contributed by atoms with Crippen LogP contribution >= 0.6 is 0 Å². The molecule has 0 aliphatic heterocycles. The Labute approximate surface area is 107 Å². The Bertz CT molecular complexity index is 307. The fraction of sp³-hybridized carbons (Fsp3) is 0.750. The molecule has 0 atom stereocenters. The number of hydrogen-bond acceptors (Lipinski definition) is 1. The van der Waals surface area contributed by atoms with Crippen LogP contribution in [0.15, 0.2) is 22.8 Å². The van der Waals surface area contributed by atoms with Gasteiger partial charge in [0.05, 0.1) is 0 Å². The summed E-state index contributed by atoms with van der Waals surface area (Å²) in [6.45, 7) is 9.54. The van der Waals surface area contributed by atoms with Crippen LogP contribution in [0.3, 0.4) is 0 Å². The third-order valence-electron chi connectivity index (χ3n) is 4.07. The minimum atomic E-state index is 0.304. The Morgan fingerprint density at radius 3 is 2.71 bits per heavy atom. The SMILES string of the molecule is CC1=C(C/C=C(\C)CCCO)C(C)(C)CCC1. The van der Waals surface area contributed by atoms with Gasteiger partial charge in [0.25, 0.3) is 0 Å². The van der Waals surface area contributed by atoms with E-state index < -0.39 is 0 Å². The van der Waals surface area contributed by atoms with Crippen molar-refractivity contribution in [2.75, 3.05) is 6.61 Å². The highest BCUT2D eigenvalue weighted by molar-refractivity contribution is 5.25. The van der Waals surface area contributed by atoms with Crippen molar-refractivity contribution >= 4 is 0 Å². The van der Waals surface area contributed by atoms with Crippen LogP contribution in [0.1, 0.15) is 66.2 Å². The molecule has 98 valence electrons.